The predicted molar refractivity (Wildman–Crippen MR) is 158 cm³/mol. The van der Waals surface area contributed by atoms with Crippen molar-refractivity contribution in [2.75, 3.05) is 17.2 Å². The first-order valence-corrected chi connectivity index (χ1v) is 13.8. The highest BCUT2D eigenvalue weighted by Crippen LogP contribution is 2.48. The lowest BCUT2D eigenvalue weighted by Gasteiger charge is -2.11. The lowest BCUT2D eigenvalue weighted by molar-refractivity contribution is -0.146. The highest BCUT2D eigenvalue weighted by atomic mass is 19.1. The van der Waals surface area contributed by atoms with Crippen molar-refractivity contribution < 1.29 is 28.2 Å². The first-order chi connectivity index (χ1) is 20.7. The molecule has 1 heterocycles. The van der Waals surface area contributed by atoms with Crippen molar-refractivity contribution in [1.82, 2.24) is 4.57 Å². The molecule has 9 nitrogen and oxygen atoms in total. The number of hydrogen-bond acceptors (Lipinski definition) is 6. The number of nitrogens with one attached hydrogen (secondary N) is 2. The number of esters is 1. The van der Waals surface area contributed by atoms with Gasteiger partial charge in [0.25, 0.3) is 5.56 Å². The van der Waals surface area contributed by atoms with Crippen molar-refractivity contribution in [2.45, 2.75) is 20.5 Å². The molecule has 1 aliphatic carbocycles. The zero-order chi connectivity index (χ0) is 30.5. The first-order valence-electron chi connectivity index (χ1n) is 13.8. The second-order valence-electron chi connectivity index (χ2n) is 10.2. The minimum absolute atomic E-state index is 0.0889. The summed E-state index contributed by atoms with van der Waals surface area (Å²) >= 11 is 0. The van der Waals surface area contributed by atoms with E-state index in [1.807, 2.05) is 49.4 Å². The van der Waals surface area contributed by atoms with Gasteiger partial charge >= 0.3 is 5.97 Å². The monoisotopic (exact) mass is 583 g/mol. The third-order valence-electron chi connectivity index (χ3n) is 7.13. The van der Waals surface area contributed by atoms with Gasteiger partial charge in [-0.2, -0.15) is 0 Å². The van der Waals surface area contributed by atoms with Crippen LogP contribution < -0.4 is 20.9 Å². The molecule has 220 valence electrons. The fourth-order valence-electron chi connectivity index (χ4n) is 4.83. The van der Waals surface area contributed by atoms with Gasteiger partial charge in [0.15, 0.2) is 0 Å². The van der Waals surface area contributed by atoms with Crippen LogP contribution in [0.3, 0.4) is 0 Å². The summed E-state index contributed by atoms with van der Waals surface area (Å²) in [6, 6.07) is 23.4. The molecule has 0 aliphatic heterocycles. The molecular weight excluding hydrogens is 553 g/mol. The molecule has 3 aromatic carbocycles. The molecule has 43 heavy (non-hydrogen) atoms. The number of aryl methyl sites for hydroxylation is 1. The summed E-state index contributed by atoms with van der Waals surface area (Å²) < 4.78 is 27.1. The topological polar surface area (TPSA) is 116 Å². The van der Waals surface area contributed by atoms with Crippen molar-refractivity contribution >= 4 is 29.2 Å². The summed E-state index contributed by atoms with van der Waals surface area (Å²) in [6.45, 7) is 3.92. The second kappa shape index (κ2) is 12.7. The van der Waals surface area contributed by atoms with Crippen LogP contribution in [0.25, 0.3) is 5.69 Å². The number of amides is 2. The zero-order valence-corrected chi connectivity index (χ0v) is 23.6. The van der Waals surface area contributed by atoms with E-state index in [0.717, 1.165) is 17.2 Å². The smallest absolute Gasteiger partial charge is 0.310 e. The third-order valence-corrected chi connectivity index (χ3v) is 7.13. The number of hydrogen-bond donors (Lipinski definition) is 2. The number of nitrogens with zero attached hydrogens (tertiary/aromatic N) is 1. The molecule has 3 atom stereocenters. The summed E-state index contributed by atoms with van der Waals surface area (Å²) in [7, 11) is 0. The van der Waals surface area contributed by atoms with E-state index in [1.54, 1.807) is 25.1 Å². The minimum Gasteiger partial charge on any atom is -0.489 e. The number of pyridine rings is 1. The minimum atomic E-state index is -1.03. The van der Waals surface area contributed by atoms with Gasteiger partial charge in [-0.1, -0.05) is 48.0 Å². The van der Waals surface area contributed by atoms with Gasteiger partial charge in [-0.3, -0.25) is 23.7 Å². The highest BCUT2D eigenvalue weighted by molar-refractivity contribution is 6.08. The number of benzene rings is 3. The Morgan fingerprint density at radius 2 is 1.56 bits per heavy atom. The molecular formula is C33H30FN3O6. The lowest BCUT2D eigenvalue weighted by atomic mass is 10.2. The maximum absolute atomic E-state index is 15.1. The number of anilines is 2. The number of carbonyl (C=O) groups excluding carboxylic acids is 3. The van der Waals surface area contributed by atoms with Gasteiger partial charge in [0.2, 0.25) is 11.8 Å². The Morgan fingerprint density at radius 3 is 2.21 bits per heavy atom. The molecule has 1 saturated carbocycles. The van der Waals surface area contributed by atoms with Gasteiger partial charge in [-0.15, -0.1) is 0 Å². The van der Waals surface area contributed by atoms with Crippen molar-refractivity contribution in [1.29, 1.82) is 0 Å². The van der Waals surface area contributed by atoms with E-state index in [2.05, 4.69) is 10.6 Å². The second-order valence-corrected chi connectivity index (χ2v) is 10.2. The molecule has 2 N–H and O–H groups in total. The Labute approximate surface area is 247 Å². The maximum Gasteiger partial charge on any atom is 0.310 e. The standard InChI is InChI=1S/C33H30FN3O6/c1-3-42-33(41)30-28(31(39)35-22-11-9-20(2)10-12-22)29(30)32(40)36-26-14-13-23(17-25(26)34)37-16-15-24(18-27(37)38)43-19-21-7-5-4-6-8-21/h4-18,28-30H,3,19H2,1-2H3,(H,35,39)(H,36,40)/t28-,29+,30+/m1/s1. The lowest BCUT2D eigenvalue weighted by Crippen LogP contribution is -2.21. The van der Waals surface area contributed by atoms with Crippen LogP contribution in [-0.2, 0) is 25.7 Å². The summed E-state index contributed by atoms with van der Waals surface area (Å²) in [5.74, 6) is -5.28. The Hall–Kier alpha value is -5.25. The van der Waals surface area contributed by atoms with Crippen LogP contribution in [0.2, 0.25) is 0 Å². The highest BCUT2D eigenvalue weighted by Gasteiger charge is 2.63. The van der Waals surface area contributed by atoms with E-state index < -0.39 is 46.9 Å². The number of carbonyl (C=O) groups is 3. The number of aromatic nitrogens is 1. The van der Waals surface area contributed by atoms with Gasteiger partial charge in [0, 0.05) is 24.0 Å². The third kappa shape index (κ3) is 6.81. The first kappa shape index (κ1) is 29.2. The predicted octanol–water partition coefficient (Wildman–Crippen LogP) is 4.87. The summed E-state index contributed by atoms with van der Waals surface area (Å²) in [6.07, 6.45) is 1.47. The molecule has 0 saturated heterocycles. The van der Waals surface area contributed by atoms with Gasteiger partial charge in [-0.05, 0) is 49.7 Å². The largest absolute Gasteiger partial charge is 0.489 e. The quantitative estimate of drug-likeness (QED) is 0.258. The molecule has 1 aromatic heterocycles. The summed E-state index contributed by atoms with van der Waals surface area (Å²) in [4.78, 5) is 51.4. The van der Waals surface area contributed by atoms with Gasteiger partial charge in [-0.25, -0.2) is 4.39 Å². The Kier molecular flexibility index (Phi) is 8.66. The number of ether oxygens (including phenoxy) is 2. The summed E-state index contributed by atoms with van der Waals surface area (Å²) in [5.41, 5.74) is 2.13. The van der Waals surface area contributed by atoms with Crippen LogP contribution >= 0.6 is 0 Å². The number of rotatable bonds is 10. The molecule has 2 amide bonds. The van der Waals surface area contributed by atoms with Crippen LogP contribution in [0.15, 0.2) is 95.9 Å². The van der Waals surface area contributed by atoms with Crippen LogP contribution in [0.5, 0.6) is 5.75 Å². The van der Waals surface area contributed by atoms with Crippen LogP contribution in [0.1, 0.15) is 18.1 Å². The van der Waals surface area contributed by atoms with Crippen LogP contribution in [-0.4, -0.2) is 29.0 Å². The van der Waals surface area contributed by atoms with E-state index >= 15 is 4.39 Å². The average molecular weight is 584 g/mol. The van der Waals surface area contributed by atoms with Gasteiger partial charge < -0.3 is 20.1 Å². The molecule has 0 radical (unpaired) electrons. The zero-order valence-electron chi connectivity index (χ0n) is 23.6. The SMILES string of the molecule is CCOC(=O)[C@H]1[C@H](C(=O)Nc2ccc(C)cc2)[C@@H]1C(=O)Nc1ccc(-n2ccc(OCc3ccccc3)cc2=O)cc1F. The number of halogens is 1. The van der Waals surface area contributed by atoms with Crippen molar-refractivity contribution in [3.05, 3.63) is 118 Å². The van der Waals surface area contributed by atoms with Crippen LogP contribution in [0.4, 0.5) is 15.8 Å². The molecule has 1 fully saturated rings. The van der Waals surface area contributed by atoms with E-state index in [-0.39, 0.29) is 18.0 Å². The molecule has 4 aromatic rings. The Morgan fingerprint density at radius 1 is 0.860 bits per heavy atom. The van der Waals surface area contributed by atoms with E-state index in [4.69, 9.17) is 9.47 Å². The average Bonchev–Trinajstić information content (AvgIpc) is 3.76. The van der Waals surface area contributed by atoms with Crippen molar-refractivity contribution in [3.8, 4) is 11.4 Å². The fraction of sp³-hybridized carbons (Fsp3) is 0.212. The Balaban J connectivity index is 1.26. The maximum atomic E-state index is 15.1. The van der Waals surface area contributed by atoms with E-state index in [1.165, 1.54) is 29.0 Å². The molecule has 0 bridgehead atoms. The molecule has 5 rings (SSSR count). The van der Waals surface area contributed by atoms with E-state index in [0.29, 0.717) is 18.0 Å². The van der Waals surface area contributed by atoms with Gasteiger partial charge in [0.1, 0.15) is 18.2 Å². The van der Waals surface area contributed by atoms with Crippen LogP contribution in [0, 0.1) is 30.5 Å². The molecule has 0 spiro atoms. The molecule has 0 unspecified atom stereocenters. The molecule has 10 heteroatoms. The summed E-state index contributed by atoms with van der Waals surface area (Å²) in [5, 5.41) is 5.21. The van der Waals surface area contributed by atoms with Crippen molar-refractivity contribution in [2.24, 2.45) is 17.8 Å². The molecule has 1 aliphatic rings. The normalized spacial score (nSPS) is 17.0. The Bertz CT molecular complexity index is 1700. The van der Waals surface area contributed by atoms with Crippen molar-refractivity contribution in [3.63, 3.8) is 0 Å². The van der Waals surface area contributed by atoms with Gasteiger partial charge in [0.05, 0.1) is 35.7 Å². The fourth-order valence-corrected chi connectivity index (χ4v) is 4.83. The van der Waals surface area contributed by atoms with E-state index in [9.17, 15) is 19.2 Å².